The zero-order valence-electron chi connectivity index (χ0n) is 15.4. The molecular formula is C21H26N2O2S. The number of hydrogen-bond donors (Lipinski definition) is 1. The van der Waals surface area contributed by atoms with Crippen molar-refractivity contribution in [2.24, 2.45) is 5.10 Å². The van der Waals surface area contributed by atoms with Crippen LogP contribution >= 0.6 is 11.8 Å². The van der Waals surface area contributed by atoms with Crippen molar-refractivity contribution in [2.45, 2.75) is 32.4 Å². The number of amides is 1. The molecule has 0 unspecified atom stereocenters. The number of unbranched alkanes of at least 4 members (excludes halogenated alkanes) is 1. The number of hydrazone groups is 1. The summed E-state index contributed by atoms with van der Waals surface area (Å²) in [7, 11) is 0. The molecule has 0 radical (unpaired) electrons. The highest BCUT2D eigenvalue weighted by Gasteiger charge is 2.01. The lowest BCUT2D eigenvalue weighted by molar-refractivity contribution is -0.118. The van der Waals surface area contributed by atoms with E-state index in [9.17, 15) is 4.79 Å². The van der Waals surface area contributed by atoms with Crippen LogP contribution in [0.2, 0.25) is 0 Å². The molecule has 0 aliphatic rings. The summed E-state index contributed by atoms with van der Waals surface area (Å²) in [6.07, 6.45) is 3.81. The van der Waals surface area contributed by atoms with Crippen molar-refractivity contribution in [3.8, 4) is 5.75 Å². The van der Waals surface area contributed by atoms with E-state index in [0.29, 0.717) is 5.75 Å². The fraction of sp³-hybridized carbons (Fsp3) is 0.333. The second kappa shape index (κ2) is 11.4. The van der Waals surface area contributed by atoms with Crippen LogP contribution in [0.4, 0.5) is 0 Å². The Morgan fingerprint density at radius 3 is 2.58 bits per heavy atom. The maximum atomic E-state index is 11.8. The van der Waals surface area contributed by atoms with E-state index in [1.54, 1.807) is 18.0 Å². The minimum Gasteiger partial charge on any atom is -0.494 e. The molecule has 0 aromatic heterocycles. The van der Waals surface area contributed by atoms with E-state index in [1.165, 1.54) is 11.1 Å². The highest BCUT2D eigenvalue weighted by Crippen LogP contribution is 2.13. The van der Waals surface area contributed by atoms with Gasteiger partial charge in [0, 0.05) is 5.75 Å². The van der Waals surface area contributed by atoms with Crippen LogP contribution in [0.3, 0.4) is 0 Å². The molecule has 0 saturated carbocycles. The van der Waals surface area contributed by atoms with Crippen molar-refractivity contribution in [1.29, 1.82) is 0 Å². The van der Waals surface area contributed by atoms with Gasteiger partial charge in [-0.1, -0.05) is 43.2 Å². The summed E-state index contributed by atoms with van der Waals surface area (Å²) >= 11 is 1.58. The molecule has 2 aromatic rings. The van der Waals surface area contributed by atoms with Crippen molar-refractivity contribution in [3.63, 3.8) is 0 Å². The van der Waals surface area contributed by atoms with Crippen molar-refractivity contribution < 1.29 is 9.53 Å². The van der Waals surface area contributed by atoms with Gasteiger partial charge in [0.1, 0.15) is 5.75 Å². The first kappa shape index (κ1) is 20.0. The van der Waals surface area contributed by atoms with E-state index in [0.717, 1.165) is 36.5 Å². The molecule has 0 spiro atoms. The van der Waals surface area contributed by atoms with Gasteiger partial charge in [-0.25, -0.2) is 5.43 Å². The van der Waals surface area contributed by atoms with E-state index < -0.39 is 0 Å². The van der Waals surface area contributed by atoms with Gasteiger partial charge >= 0.3 is 0 Å². The molecule has 0 bridgehead atoms. The van der Waals surface area contributed by atoms with Crippen LogP contribution in [-0.4, -0.2) is 24.5 Å². The second-order valence-corrected chi connectivity index (χ2v) is 7.03. The van der Waals surface area contributed by atoms with Gasteiger partial charge in [0.15, 0.2) is 0 Å². The van der Waals surface area contributed by atoms with Crippen LogP contribution in [0.25, 0.3) is 0 Å². The maximum absolute atomic E-state index is 11.8. The molecule has 5 heteroatoms. The van der Waals surface area contributed by atoms with Crippen LogP contribution in [0, 0.1) is 6.92 Å². The Labute approximate surface area is 160 Å². The standard InChI is InChI=1S/C21H26N2O2S/c1-3-4-13-25-20-11-9-18(10-12-20)14-22-23-21(24)16-26-15-19-7-5-17(2)6-8-19/h5-12,14H,3-4,13,15-16H2,1-2H3,(H,23,24)/b22-14+. The van der Waals surface area contributed by atoms with Gasteiger partial charge in [-0.3, -0.25) is 4.79 Å². The first-order chi connectivity index (χ1) is 12.7. The third-order valence-electron chi connectivity index (χ3n) is 3.67. The third kappa shape index (κ3) is 7.74. The molecular weight excluding hydrogens is 344 g/mol. The van der Waals surface area contributed by atoms with Gasteiger partial charge < -0.3 is 4.74 Å². The number of nitrogens with zero attached hydrogens (tertiary/aromatic N) is 1. The molecule has 26 heavy (non-hydrogen) atoms. The molecule has 0 heterocycles. The summed E-state index contributed by atoms with van der Waals surface area (Å²) in [6.45, 7) is 4.94. The van der Waals surface area contributed by atoms with Gasteiger partial charge in [0.25, 0.3) is 0 Å². The molecule has 138 valence electrons. The zero-order chi connectivity index (χ0) is 18.6. The van der Waals surface area contributed by atoms with Crippen molar-refractivity contribution in [2.75, 3.05) is 12.4 Å². The lowest BCUT2D eigenvalue weighted by Gasteiger charge is -2.05. The van der Waals surface area contributed by atoms with Crippen LogP contribution in [0.15, 0.2) is 53.6 Å². The molecule has 1 N–H and O–H groups in total. The molecule has 0 aliphatic carbocycles. The smallest absolute Gasteiger partial charge is 0.250 e. The molecule has 4 nitrogen and oxygen atoms in total. The lowest BCUT2D eigenvalue weighted by atomic mass is 10.2. The number of carbonyl (C=O) groups excluding carboxylic acids is 1. The Morgan fingerprint density at radius 2 is 1.88 bits per heavy atom. The molecule has 2 aromatic carbocycles. The topological polar surface area (TPSA) is 50.7 Å². The summed E-state index contributed by atoms with van der Waals surface area (Å²) in [5.74, 6) is 1.96. The fourth-order valence-corrected chi connectivity index (χ4v) is 2.92. The predicted octanol–water partition coefficient (Wildman–Crippen LogP) is 4.56. The first-order valence-corrected chi connectivity index (χ1v) is 10.0. The summed E-state index contributed by atoms with van der Waals surface area (Å²) in [5, 5.41) is 4.01. The minimum atomic E-state index is -0.0992. The zero-order valence-corrected chi connectivity index (χ0v) is 16.2. The normalized spacial score (nSPS) is 10.8. The Bertz CT molecular complexity index is 697. The largest absolute Gasteiger partial charge is 0.494 e. The fourth-order valence-electron chi connectivity index (χ4n) is 2.14. The lowest BCUT2D eigenvalue weighted by Crippen LogP contribution is -2.19. The van der Waals surface area contributed by atoms with E-state index in [2.05, 4.69) is 48.6 Å². The van der Waals surface area contributed by atoms with Crippen molar-refractivity contribution in [3.05, 3.63) is 65.2 Å². The Hall–Kier alpha value is -2.27. The Morgan fingerprint density at radius 1 is 1.15 bits per heavy atom. The summed E-state index contributed by atoms with van der Waals surface area (Å²) in [5.41, 5.74) is 5.94. The number of hydrogen-bond acceptors (Lipinski definition) is 4. The van der Waals surface area contributed by atoms with Crippen molar-refractivity contribution >= 4 is 23.9 Å². The van der Waals surface area contributed by atoms with Gasteiger partial charge in [-0.2, -0.15) is 5.10 Å². The van der Waals surface area contributed by atoms with Gasteiger partial charge in [0.05, 0.1) is 18.6 Å². The quantitative estimate of drug-likeness (QED) is 0.379. The highest BCUT2D eigenvalue weighted by atomic mass is 32.2. The number of carbonyl (C=O) groups is 1. The average molecular weight is 371 g/mol. The maximum Gasteiger partial charge on any atom is 0.250 e. The summed E-state index contributed by atoms with van der Waals surface area (Å²) < 4.78 is 5.61. The monoisotopic (exact) mass is 370 g/mol. The van der Waals surface area contributed by atoms with Crippen molar-refractivity contribution in [1.82, 2.24) is 5.43 Å². The van der Waals surface area contributed by atoms with E-state index >= 15 is 0 Å². The molecule has 1 amide bonds. The molecule has 0 saturated heterocycles. The number of benzene rings is 2. The number of aryl methyl sites for hydroxylation is 1. The number of nitrogens with one attached hydrogen (secondary N) is 1. The van der Waals surface area contributed by atoms with Crippen LogP contribution in [0.5, 0.6) is 5.75 Å². The Kier molecular flexibility index (Phi) is 8.76. The number of rotatable bonds is 10. The molecule has 0 aliphatic heterocycles. The van der Waals surface area contributed by atoms with E-state index in [4.69, 9.17) is 4.74 Å². The average Bonchev–Trinajstić information content (AvgIpc) is 2.65. The van der Waals surface area contributed by atoms with Gasteiger partial charge in [0.2, 0.25) is 5.91 Å². The third-order valence-corrected chi connectivity index (χ3v) is 4.68. The number of thioether (sulfide) groups is 1. The SMILES string of the molecule is CCCCOc1ccc(/C=N/NC(=O)CSCc2ccc(C)cc2)cc1. The van der Waals surface area contributed by atoms with Gasteiger partial charge in [-0.15, -0.1) is 11.8 Å². The molecule has 0 fully saturated rings. The van der Waals surface area contributed by atoms with E-state index in [1.807, 2.05) is 24.3 Å². The second-order valence-electron chi connectivity index (χ2n) is 6.04. The summed E-state index contributed by atoms with van der Waals surface area (Å²) in [6, 6.07) is 16.0. The number of ether oxygens (including phenoxy) is 1. The van der Waals surface area contributed by atoms with E-state index in [-0.39, 0.29) is 5.91 Å². The van der Waals surface area contributed by atoms with Gasteiger partial charge in [-0.05, 0) is 48.7 Å². The first-order valence-electron chi connectivity index (χ1n) is 8.85. The minimum absolute atomic E-state index is 0.0992. The summed E-state index contributed by atoms with van der Waals surface area (Å²) in [4.78, 5) is 11.8. The highest BCUT2D eigenvalue weighted by molar-refractivity contribution is 7.99. The molecule has 0 atom stereocenters. The van der Waals surface area contributed by atoms with Crippen LogP contribution in [-0.2, 0) is 10.5 Å². The molecule has 2 rings (SSSR count). The van der Waals surface area contributed by atoms with Crippen LogP contribution in [0.1, 0.15) is 36.5 Å². The predicted molar refractivity (Wildman–Crippen MR) is 110 cm³/mol. The Balaban J connectivity index is 1.66. The van der Waals surface area contributed by atoms with Crippen LogP contribution < -0.4 is 10.2 Å².